The van der Waals surface area contributed by atoms with Gasteiger partial charge in [-0.3, -0.25) is 0 Å². The lowest BCUT2D eigenvalue weighted by atomic mass is 9.90. The van der Waals surface area contributed by atoms with Gasteiger partial charge in [0.25, 0.3) is 0 Å². The predicted molar refractivity (Wildman–Crippen MR) is 216 cm³/mol. The molecule has 0 saturated carbocycles. The van der Waals surface area contributed by atoms with E-state index in [1.54, 1.807) is 0 Å². The van der Waals surface area contributed by atoms with Gasteiger partial charge in [0.05, 0.1) is 5.69 Å². The van der Waals surface area contributed by atoms with Gasteiger partial charge in [0.1, 0.15) is 5.00 Å². The summed E-state index contributed by atoms with van der Waals surface area (Å²) in [5.41, 5.74) is 20.2. The molecule has 0 radical (unpaired) electrons. The van der Waals surface area contributed by atoms with Crippen LogP contribution in [-0.2, 0) is 12.8 Å². The van der Waals surface area contributed by atoms with Crippen LogP contribution in [0.5, 0.6) is 0 Å². The monoisotopic (exact) mass is 669 g/mol. The second-order valence-electron chi connectivity index (χ2n) is 13.1. The van der Waals surface area contributed by atoms with E-state index in [9.17, 15) is 0 Å². The van der Waals surface area contributed by atoms with Gasteiger partial charge in [-0.2, -0.15) is 0 Å². The molecule has 0 aliphatic carbocycles. The number of rotatable bonds is 2. The summed E-state index contributed by atoms with van der Waals surface area (Å²) in [5, 5.41) is 13.8. The Labute approximate surface area is 293 Å². The summed E-state index contributed by atoms with van der Waals surface area (Å²) < 4.78 is 3.92. The molecule has 1 atom stereocenters. The molecule has 0 amide bonds. The van der Waals surface area contributed by atoms with E-state index in [0.29, 0.717) is 16.7 Å². The number of hydrogen-bond acceptors (Lipinski definition) is 5. The Morgan fingerprint density at radius 3 is 2.04 bits per heavy atom. The van der Waals surface area contributed by atoms with Crippen LogP contribution in [0.3, 0.4) is 0 Å². The standard InChI is InChI=1S/C36H27NS.C8H8N2S/c1-22-10-12-23(13-11-22)20-27-21-26-15-14-24-6-2-4-8-28(24)33(26)34-32(37-27)19-18-31-30-17-16-25-7-3-5-9-29(25)35(30)38-36(31)34;9-7-5-3-1-2-4-6(5)11-8(7)10/h2-19,27,37H,20-21H2,1H3;1-4H,9-10H2. The highest BCUT2D eigenvalue weighted by Crippen LogP contribution is 2.49. The van der Waals surface area contributed by atoms with E-state index in [1.807, 2.05) is 35.6 Å². The van der Waals surface area contributed by atoms with Gasteiger partial charge < -0.3 is 16.8 Å². The summed E-state index contributed by atoms with van der Waals surface area (Å²) in [7, 11) is 0. The average molecular weight is 670 g/mol. The largest absolute Gasteiger partial charge is 0.396 e. The van der Waals surface area contributed by atoms with Crippen LogP contribution in [0.25, 0.3) is 62.9 Å². The fraction of sp³-hybridized carbons (Fsp3) is 0.0909. The predicted octanol–water partition coefficient (Wildman–Crippen LogP) is 12.0. The molecule has 3 heterocycles. The van der Waals surface area contributed by atoms with Crippen molar-refractivity contribution in [2.24, 2.45) is 0 Å². The number of benzene rings is 7. The number of nitrogen functional groups attached to an aromatic ring is 2. The minimum atomic E-state index is 0.325. The van der Waals surface area contributed by atoms with Crippen molar-refractivity contribution in [1.82, 2.24) is 0 Å². The molecule has 0 bridgehead atoms. The number of thiophene rings is 2. The maximum absolute atomic E-state index is 5.72. The van der Waals surface area contributed by atoms with Crippen molar-refractivity contribution < 1.29 is 0 Å². The van der Waals surface area contributed by atoms with Crippen LogP contribution in [0.4, 0.5) is 16.4 Å². The Morgan fingerprint density at radius 1 is 0.592 bits per heavy atom. The molecule has 2 aromatic heterocycles. The van der Waals surface area contributed by atoms with Crippen LogP contribution in [0.1, 0.15) is 16.7 Å². The van der Waals surface area contributed by atoms with Crippen LogP contribution in [0.15, 0.2) is 133 Å². The fourth-order valence-electron chi connectivity index (χ4n) is 7.47. The molecule has 5 N–H and O–H groups in total. The van der Waals surface area contributed by atoms with Gasteiger partial charge in [0.15, 0.2) is 0 Å². The minimum absolute atomic E-state index is 0.325. The zero-order valence-corrected chi connectivity index (χ0v) is 28.8. The summed E-state index contributed by atoms with van der Waals surface area (Å²) >= 11 is 3.49. The second kappa shape index (κ2) is 12.0. The summed E-state index contributed by atoms with van der Waals surface area (Å²) in [6, 6.07) is 48.9. The van der Waals surface area contributed by atoms with Crippen molar-refractivity contribution in [2.75, 3.05) is 16.8 Å². The highest BCUT2D eigenvalue weighted by atomic mass is 32.1. The van der Waals surface area contributed by atoms with Gasteiger partial charge in [-0.25, -0.2) is 0 Å². The van der Waals surface area contributed by atoms with Crippen LogP contribution in [-0.4, -0.2) is 6.04 Å². The molecule has 0 saturated heterocycles. The number of nitrogens with one attached hydrogen (secondary N) is 1. The topological polar surface area (TPSA) is 64.1 Å². The van der Waals surface area contributed by atoms with Crippen molar-refractivity contribution in [1.29, 1.82) is 0 Å². The first kappa shape index (κ1) is 29.8. The maximum atomic E-state index is 5.72. The van der Waals surface area contributed by atoms with Gasteiger partial charge in [0, 0.05) is 47.6 Å². The van der Waals surface area contributed by atoms with Gasteiger partial charge in [-0.15, -0.1) is 22.7 Å². The molecule has 0 spiro atoms. The minimum Gasteiger partial charge on any atom is -0.396 e. The first-order chi connectivity index (χ1) is 24.0. The SMILES string of the molecule is Cc1ccc(CC2Cc3ccc4ccccc4c3-c3c(ccc4c3sc3c5ccccc5ccc43)N2)cc1.Nc1sc2ccccc2c1N. The van der Waals surface area contributed by atoms with Crippen LogP contribution in [0.2, 0.25) is 0 Å². The highest BCUT2D eigenvalue weighted by molar-refractivity contribution is 7.27. The quantitative estimate of drug-likeness (QED) is 0.172. The van der Waals surface area contributed by atoms with Crippen molar-refractivity contribution in [2.45, 2.75) is 25.8 Å². The fourth-order valence-corrected chi connectivity index (χ4v) is 9.75. The zero-order chi connectivity index (χ0) is 33.1. The molecule has 7 aromatic carbocycles. The molecule has 9 aromatic rings. The van der Waals surface area contributed by atoms with E-state index >= 15 is 0 Å². The molecule has 49 heavy (non-hydrogen) atoms. The van der Waals surface area contributed by atoms with E-state index in [1.165, 1.54) is 86.6 Å². The van der Waals surface area contributed by atoms with Crippen molar-refractivity contribution >= 4 is 90.9 Å². The molecular formula is C44H35N3S2. The highest BCUT2D eigenvalue weighted by Gasteiger charge is 2.26. The molecule has 0 fully saturated rings. The lowest BCUT2D eigenvalue weighted by molar-refractivity contribution is 0.716. The number of aryl methyl sites for hydroxylation is 1. The first-order valence-corrected chi connectivity index (χ1v) is 18.4. The molecule has 5 heteroatoms. The van der Waals surface area contributed by atoms with Gasteiger partial charge >= 0.3 is 0 Å². The molecule has 3 nitrogen and oxygen atoms in total. The summed E-state index contributed by atoms with van der Waals surface area (Å²) in [6.07, 6.45) is 2.00. The Kier molecular flexibility index (Phi) is 7.26. The van der Waals surface area contributed by atoms with E-state index in [-0.39, 0.29) is 0 Å². The molecule has 1 unspecified atom stereocenters. The van der Waals surface area contributed by atoms with E-state index in [4.69, 9.17) is 11.5 Å². The Morgan fingerprint density at radius 2 is 1.24 bits per heavy atom. The third-order valence-corrected chi connectivity index (χ3v) is 12.2. The van der Waals surface area contributed by atoms with Crippen molar-refractivity contribution in [3.05, 3.63) is 150 Å². The molecule has 1 aliphatic heterocycles. The third kappa shape index (κ3) is 5.18. The summed E-state index contributed by atoms with van der Waals surface area (Å²) in [6.45, 7) is 2.16. The van der Waals surface area contributed by atoms with E-state index < -0.39 is 0 Å². The third-order valence-electron chi connectivity index (χ3n) is 9.89. The van der Waals surface area contributed by atoms with Crippen molar-refractivity contribution in [3.8, 4) is 11.1 Å². The number of nitrogens with two attached hydrogens (primary N) is 2. The number of anilines is 3. The van der Waals surface area contributed by atoms with Crippen LogP contribution in [0, 0.1) is 6.92 Å². The summed E-state index contributed by atoms with van der Waals surface area (Å²) in [5.74, 6) is 0. The van der Waals surface area contributed by atoms with Gasteiger partial charge in [0.2, 0.25) is 0 Å². The average Bonchev–Trinajstić information content (AvgIpc) is 3.60. The number of hydrogen-bond donors (Lipinski definition) is 3. The van der Waals surface area contributed by atoms with E-state index in [2.05, 4.69) is 121 Å². The van der Waals surface area contributed by atoms with E-state index in [0.717, 1.165) is 22.9 Å². The van der Waals surface area contributed by atoms with Gasteiger partial charge in [-0.1, -0.05) is 127 Å². The molecule has 1 aliphatic rings. The lowest BCUT2D eigenvalue weighted by Crippen LogP contribution is -2.24. The van der Waals surface area contributed by atoms with Crippen molar-refractivity contribution in [3.63, 3.8) is 0 Å². The van der Waals surface area contributed by atoms with Crippen LogP contribution < -0.4 is 16.8 Å². The normalized spacial score (nSPS) is 13.9. The lowest BCUT2D eigenvalue weighted by Gasteiger charge is -2.19. The van der Waals surface area contributed by atoms with Gasteiger partial charge in [-0.05, 0) is 70.1 Å². The first-order valence-electron chi connectivity index (χ1n) is 16.7. The molecular weight excluding hydrogens is 635 g/mol. The van der Waals surface area contributed by atoms with Crippen LogP contribution >= 0.6 is 22.7 Å². The Bertz CT molecular complexity index is 2680. The molecule has 238 valence electrons. The Hall–Kier alpha value is -5.36. The maximum Gasteiger partial charge on any atom is 0.110 e. The smallest absolute Gasteiger partial charge is 0.110 e. The summed E-state index contributed by atoms with van der Waals surface area (Å²) in [4.78, 5) is 0. The number of fused-ring (bicyclic) bond motifs is 12. The molecule has 10 rings (SSSR count). The zero-order valence-electron chi connectivity index (χ0n) is 27.2. The Balaban J connectivity index is 0.000000251. The second-order valence-corrected chi connectivity index (χ2v) is 15.2.